The van der Waals surface area contributed by atoms with E-state index in [1.807, 2.05) is 12.2 Å². The molecule has 0 aromatic rings. The Balaban J connectivity index is 2.33. The van der Waals surface area contributed by atoms with Crippen molar-refractivity contribution in [2.24, 2.45) is 5.92 Å². The van der Waals surface area contributed by atoms with Gasteiger partial charge in [0.05, 0.1) is 18.1 Å². The molecule has 0 radical (unpaired) electrons. The van der Waals surface area contributed by atoms with E-state index >= 15 is 0 Å². The predicted molar refractivity (Wildman–Crippen MR) is 36.5 cm³/mol. The molecular weight excluding hydrogens is 128 g/mol. The maximum atomic E-state index is 10.4. The monoisotopic (exact) mass is 136 g/mol. The highest BCUT2D eigenvalue weighted by Gasteiger charge is 2.39. The zero-order valence-corrected chi connectivity index (χ0v) is 5.49. The molecule has 2 rings (SSSR count). The molecule has 0 unspecified atom stereocenters. The van der Waals surface area contributed by atoms with Crippen LogP contribution in [0.1, 0.15) is 0 Å². The molecule has 2 heteroatoms. The summed E-state index contributed by atoms with van der Waals surface area (Å²) in [7, 11) is 0. The number of carbonyl (C=O) groups is 1. The van der Waals surface area contributed by atoms with Gasteiger partial charge in [0.2, 0.25) is 0 Å². The van der Waals surface area contributed by atoms with Crippen molar-refractivity contribution in [3.63, 3.8) is 0 Å². The van der Waals surface area contributed by atoms with Crippen molar-refractivity contribution in [3.8, 4) is 0 Å². The second-order valence-electron chi connectivity index (χ2n) is 2.64. The zero-order chi connectivity index (χ0) is 7.14. The molecule has 2 heterocycles. The van der Waals surface area contributed by atoms with Crippen molar-refractivity contribution in [3.05, 3.63) is 24.3 Å². The molecule has 1 saturated heterocycles. The molecule has 0 spiro atoms. The van der Waals surface area contributed by atoms with Gasteiger partial charge in [-0.3, -0.25) is 0 Å². The normalized spacial score (nSPS) is 42.8. The van der Waals surface area contributed by atoms with Gasteiger partial charge >= 0.3 is 0 Å². The Morgan fingerprint density at radius 1 is 1.60 bits per heavy atom. The molecule has 2 bridgehead atoms. The lowest BCUT2D eigenvalue weighted by Gasteiger charge is -2.08. The van der Waals surface area contributed by atoms with Gasteiger partial charge in [0, 0.05) is 0 Å². The van der Waals surface area contributed by atoms with E-state index in [4.69, 9.17) is 4.74 Å². The number of ether oxygens (including phenoxy) is 1. The van der Waals surface area contributed by atoms with Gasteiger partial charge in [0.15, 0.2) is 0 Å². The Labute approximate surface area is 59.2 Å². The van der Waals surface area contributed by atoms with Crippen LogP contribution >= 0.6 is 0 Å². The fourth-order valence-corrected chi connectivity index (χ4v) is 1.45. The summed E-state index contributed by atoms with van der Waals surface area (Å²) in [6.45, 7) is 3.78. The minimum Gasteiger partial charge on any atom is -0.361 e. The molecule has 2 aliphatic rings. The lowest BCUT2D eigenvalue weighted by molar-refractivity contribution is -0.111. The van der Waals surface area contributed by atoms with Crippen LogP contribution in [-0.2, 0) is 9.53 Å². The summed E-state index contributed by atoms with van der Waals surface area (Å²) in [5.41, 5.74) is 0.905. The average molecular weight is 136 g/mol. The predicted octanol–water partition coefficient (Wildman–Crippen LogP) is 0.695. The SMILES string of the molecule is C=C1[C@@H]2C=C[C@@H](O2)[C@H]1C=O. The quantitative estimate of drug-likeness (QED) is 0.391. The maximum Gasteiger partial charge on any atom is 0.130 e. The Kier molecular flexibility index (Phi) is 1.05. The fourth-order valence-electron chi connectivity index (χ4n) is 1.45. The lowest BCUT2D eigenvalue weighted by Crippen LogP contribution is -2.15. The number of aldehydes is 1. The Morgan fingerprint density at radius 3 is 2.80 bits per heavy atom. The summed E-state index contributed by atoms with van der Waals surface area (Å²) in [5, 5.41) is 0. The zero-order valence-electron chi connectivity index (χ0n) is 5.49. The molecular formula is C8H8O2. The molecule has 0 N–H and O–H groups in total. The van der Waals surface area contributed by atoms with Gasteiger partial charge in [-0.1, -0.05) is 18.7 Å². The minimum atomic E-state index is -0.0880. The van der Waals surface area contributed by atoms with Gasteiger partial charge in [0.1, 0.15) is 6.29 Å². The molecule has 10 heavy (non-hydrogen) atoms. The van der Waals surface area contributed by atoms with E-state index in [0.717, 1.165) is 11.9 Å². The van der Waals surface area contributed by atoms with Crippen LogP contribution in [-0.4, -0.2) is 18.5 Å². The molecule has 0 aromatic heterocycles. The third-order valence-corrected chi connectivity index (χ3v) is 2.07. The molecule has 0 saturated carbocycles. The first-order chi connectivity index (χ1) is 4.83. The number of fused-ring (bicyclic) bond motifs is 2. The van der Waals surface area contributed by atoms with Crippen LogP contribution in [0.15, 0.2) is 24.3 Å². The molecule has 0 aromatic carbocycles. The molecule has 2 aliphatic heterocycles. The van der Waals surface area contributed by atoms with E-state index in [1.165, 1.54) is 0 Å². The topological polar surface area (TPSA) is 26.3 Å². The standard InChI is InChI=1S/C8H8O2/c1-5-6(4-9)8-3-2-7(5)10-8/h2-4,6-8H,1H2/t6-,7-,8+/m0/s1. The van der Waals surface area contributed by atoms with Gasteiger partial charge in [-0.25, -0.2) is 0 Å². The van der Waals surface area contributed by atoms with Gasteiger partial charge in [-0.2, -0.15) is 0 Å². The first-order valence-electron chi connectivity index (χ1n) is 3.30. The third-order valence-electron chi connectivity index (χ3n) is 2.07. The van der Waals surface area contributed by atoms with E-state index in [0.29, 0.717) is 0 Å². The summed E-state index contributed by atoms with van der Waals surface area (Å²) in [6.07, 6.45) is 4.79. The Hall–Kier alpha value is -0.890. The summed E-state index contributed by atoms with van der Waals surface area (Å²) in [4.78, 5) is 10.4. The summed E-state index contributed by atoms with van der Waals surface area (Å²) in [5.74, 6) is -0.0880. The summed E-state index contributed by atoms with van der Waals surface area (Å²) < 4.78 is 5.35. The van der Waals surface area contributed by atoms with Crippen molar-refractivity contribution < 1.29 is 9.53 Å². The van der Waals surface area contributed by atoms with E-state index in [1.54, 1.807) is 0 Å². The first kappa shape index (κ1) is 5.86. The highest BCUT2D eigenvalue weighted by molar-refractivity contribution is 5.63. The maximum absolute atomic E-state index is 10.4. The van der Waals surface area contributed by atoms with Crippen molar-refractivity contribution in [2.75, 3.05) is 0 Å². The highest BCUT2D eigenvalue weighted by atomic mass is 16.5. The molecule has 3 atom stereocenters. The van der Waals surface area contributed by atoms with E-state index in [2.05, 4.69) is 6.58 Å². The van der Waals surface area contributed by atoms with Gasteiger partial charge in [-0.15, -0.1) is 0 Å². The van der Waals surface area contributed by atoms with Gasteiger partial charge in [-0.05, 0) is 5.57 Å². The molecule has 0 aliphatic carbocycles. The minimum absolute atomic E-state index is 0.0141. The van der Waals surface area contributed by atoms with Crippen LogP contribution in [0.25, 0.3) is 0 Å². The summed E-state index contributed by atoms with van der Waals surface area (Å²) >= 11 is 0. The van der Waals surface area contributed by atoms with Crippen molar-refractivity contribution >= 4 is 6.29 Å². The van der Waals surface area contributed by atoms with Gasteiger partial charge in [0.25, 0.3) is 0 Å². The second kappa shape index (κ2) is 1.80. The van der Waals surface area contributed by atoms with Crippen LogP contribution in [0.5, 0.6) is 0 Å². The third kappa shape index (κ3) is 0.543. The first-order valence-corrected chi connectivity index (χ1v) is 3.30. The van der Waals surface area contributed by atoms with Crippen molar-refractivity contribution in [1.82, 2.24) is 0 Å². The highest BCUT2D eigenvalue weighted by Crippen LogP contribution is 2.35. The van der Waals surface area contributed by atoms with Crippen LogP contribution in [0.3, 0.4) is 0 Å². The largest absolute Gasteiger partial charge is 0.361 e. The van der Waals surface area contributed by atoms with Crippen molar-refractivity contribution in [2.45, 2.75) is 12.2 Å². The Bertz CT molecular complexity index is 217. The molecule has 52 valence electrons. The molecule has 1 fully saturated rings. The number of hydrogen-bond acceptors (Lipinski definition) is 2. The van der Waals surface area contributed by atoms with E-state index in [9.17, 15) is 4.79 Å². The lowest BCUT2D eigenvalue weighted by atomic mass is 9.91. The Morgan fingerprint density at radius 2 is 2.40 bits per heavy atom. The molecule has 0 amide bonds. The van der Waals surface area contributed by atoms with Crippen LogP contribution in [0, 0.1) is 5.92 Å². The number of rotatable bonds is 1. The van der Waals surface area contributed by atoms with E-state index in [-0.39, 0.29) is 18.1 Å². The molecule has 2 nitrogen and oxygen atoms in total. The fraction of sp³-hybridized carbons (Fsp3) is 0.375. The average Bonchev–Trinajstić information content (AvgIpc) is 2.46. The van der Waals surface area contributed by atoms with Crippen LogP contribution < -0.4 is 0 Å². The summed E-state index contributed by atoms with van der Waals surface area (Å²) in [6, 6.07) is 0. The number of carbonyl (C=O) groups excluding carboxylic acids is 1. The van der Waals surface area contributed by atoms with Crippen LogP contribution in [0.4, 0.5) is 0 Å². The van der Waals surface area contributed by atoms with E-state index < -0.39 is 0 Å². The van der Waals surface area contributed by atoms with Gasteiger partial charge < -0.3 is 9.53 Å². The smallest absolute Gasteiger partial charge is 0.130 e. The van der Waals surface area contributed by atoms with Crippen LogP contribution in [0.2, 0.25) is 0 Å². The second-order valence-corrected chi connectivity index (χ2v) is 2.64. The van der Waals surface area contributed by atoms with Crippen molar-refractivity contribution in [1.29, 1.82) is 0 Å². The number of hydrogen-bond donors (Lipinski definition) is 0.